The summed E-state index contributed by atoms with van der Waals surface area (Å²) in [6.45, 7) is -0.542. The van der Waals surface area contributed by atoms with Gasteiger partial charge in [-0.15, -0.1) is 0 Å². The number of carboxylic acid groups (broad SMARTS) is 1. The average molecular weight is 736 g/mol. The van der Waals surface area contributed by atoms with Crippen molar-refractivity contribution in [3.63, 3.8) is 0 Å². The maximum Gasteiger partial charge on any atom is 0.338 e. The Hall–Kier alpha value is -6.53. The Labute approximate surface area is 294 Å². The van der Waals surface area contributed by atoms with E-state index in [1.165, 1.54) is 30.3 Å². The fourth-order valence-electron chi connectivity index (χ4n) is 5.60. The van der Waals surface area contributed by atoms with Gasteiger partial charge in [0.2, 0.25) is 15.8 Å². The smallest absolute Gasteiger partial charge is 0.338 e. The van der Waals surface area contributed by atoms with Crippen LogP contribution in [-0.2, 0) is 14.8 Å². The predicted molar refractivity (Wildman–Crippen MR) is 178 cm³/mol. The fourth-order valence-corrected chi connectivity index (χ4v) is 7.10. The van der Waals surface area contributed by atoms with Crippen LogP contribution in [0.25, 0.3) is 0 Å². The van der Waals surface area contributed by atoms with Crippen LogP contribution in [0.15, 0.2) is 83.8 Å². The van der Waals surface area contributed by atoms with E-state index < -0.39 is 96.8 Å². The number of carboxylic acids is 1. The molecule has 0 spiro atoms. The van der Waals surface area contributed by atoms with Gasteiger partial charge in [0, 0.05) is 30.8 Å². The molecule has 5 rings (SSSR count). The molecule has 52 heavy (non-hydrogen) atoms. The Morgan fingerprint density at radius 3 is 2.08 bits per heavy atom. The molecule has 270 valence electrons. The van der Waals surface area contributed by atoms with Crippen LogP contribution in [0.3, 0.4) is 0 Å². The Bertz CT molecular complexity index is 2160. The van der Waals surface area contributed by atoms with Gasteiger partial charge in [-0.05, 0) is 73.5 Å². The predicted octanol–water partition coefficient (Wildman–Crippen LogP) is 3.16. The molecule has 1 aliphatic heterocycles. The lowest BCUT2D eigenvalue weighted by molar-refractivity contribution is -0.384. The van der Waals surface area contributed by atoms with E-state index in [1.54, 1.807) is 0 Å². The number of sulfonamides is 1. The lowest BCUT2D eigenvalue weighted by Gasteiger charge is -2.29. The van der Waals surface area contributed by atoms with Crippen molar-refractivity contribution in [3.8, 4) is 23.0 Å². The van der Waals surface area contributed by atoms with Crippen molar-refractivity contribution >= 4 is 39.3 Å². The van der Waals surface area contributed by atoms with Crippen molar-refractivity contribution in [3.05, 3.63) is 117 Å². The Kier molecular flexibility index (Phi) is 10.4. The molecular weight excluding hydrogens is 706 g/mol. The van der Waals surface area contributed by atoms with Crippen molar-refractivity contribution in [1.29, 1.82) is 0 Å². The topological polar surface area (TPSA) is 271 Å². The van der Waals surface area contributed by atoms with Crippen LogP contribution in [-0.4, -0.2) is 92.0 Å². The zero-order valence-corrected chi connectivity index (χ0v) is 27.5. The summed E-state index contributed by atoms with van der Waals surface area (Å²) < 4.78 is 34.0. The summed E-state index contributed by atoms with van der Waals surface area (Å²) in [4.78, 5) is 61.7. The van der Waals surface area contributed by atoms with Gasteiger partial charge in [-0.2, -0.15) is 4.31 Å². The SMILES string of the molecule is O=C(N[C@@H]1CN(S(=O)(=O)c2ccc([N+](=O)[O-])cc2)CCC[C@H]1OC(=O)c1cc(O)c(C(=O)c2c(O)cccc2C(=O)O)c(O)c1)c1ccc(O)cc1. The number of benzene rings is 4. The molecule has 0 saturated carbocycles. The molecular formula is C34H29N3O14S. The van der Waals surface area contributed by atoms with Gasteiger partial charge in [0.15, 0.2) is 0 Å². The standard InChI is InChI=1S/C34H29N3O14S/c38-21-10-6-18(7-11-21)32(43)35-24-17-36(52(49,50)22-12-8-20(9-13-22)37(47)48)14-2-5-28(24)51-34(46)19-15-26(40)30(27(41)16-19)31(42)29-23(33(44)45)3-1-4-25(29)39/h1,3-4,6-13,15-16,24,28,38-41H,2,5,14,17H2,(H,35,43)(H,44,45)/t24-,28-/m1/s1. The molecule has 1 amide bonds. The van der Waals surface area contributed by atoms with Crippen LogP contribution in [0.2, 0.25) is 0 Å². The van der Waals surface area contributed by atoms with Crippen molar-refractivity contribution < 1.29 is 62.8 Å². The Morgan fingerprint density at radius 2 is 1.48 bits per heavy atom. The molecule has 1 saturated heterocycles. The number of carbonyl (C=O) groups is 4. The monoisotopic (exact) mass is 735 g/mol. The molecule has 0 radical (unpaired) electrons. The van der Waals surface area contributed by atoms with E-state index in [0.29, 0.717) is 0 Å². The molecule has 6 N–H and O–H groups in total. The number of nitrogens with zero attached hydrogens (tertiary/aromatic N) is 2. The zero-order chi connectivity index (χ0) is 37.9. The van der Waals surface area contributed by atoms with Gasteiger partial charge >= 0.3 is 11.9 Å². The number of nitro groups is 1. The van der Waals surface area contributed by atoms with E-state index in [9.17, 15) is 63.2 Å². The highest BCUT2D eigenvalue weighted by Gasteiger charge is 2.37. The molecule has 17 nitrogen and oxygen atoms in total. The molecule has 0 aromatic heterocycles. The first-order valence-electron chi connectivity index (χ1n) is 15.3. The third-order valence-corrected chi connectivity index (χ3v) is 10.1. The molecule has 1 aliphatic rings. The summed E-state index contributed by atoms with van der Waals surface area (Å²) in [5, 5.41) is 64.5. The summed E-state index contributed by atoms with van der Waals surface area (Å²) >= 11 is 0. The summed E-state index contributed by atoms with van der Waals surface area (Å²) in [6, 6.07) is 12.8. The zero-order valence-electron chi connectivity index (χ0n) is 26.7. The number of ether oxygens (including phenoxy) is 1. The highest BCUT2D eigenvalue weighted by molar-refractivity contribution is 7.89. The first-order valence-corrected chi connectivity index (χ1v) is 16.7. The number of esters is 1. The summed E-state index contributed by atoms with van der Waals surface area (Å²) in [7, 11) is -4.30. The van der Waals surface area contributed by atoms with Crippen molar-refractivity contribution in [2.45, 2.75) is 29.9 Å². The number of nitrogens with one attached hydrogen (secondary N) is 1. The van der Waals surface area contributed by atoms with Crippen LogP contribution in [0, 0.1) is 10.1 Å². The van der Waals surface area contributed by atoms with Crippen LogP contribution in [0.5, 0.6) is 23.0 Å². The number of carbonyl (C=O) groups excluding carboxylic acids is 3. The maximum atomic E-state index is 13.6. The first kappa shape index (κ1) is 36.7. The van der Waals surface area contributed by atoms with Gasteiger partial charge in [-0.25, -0.2) is 18.0 Å². The van der Waals surface area contributed by atoms with Crippen LogP contribution >= 0.6 is 0 Å². The Balaban J connectivity index is 1.44. The van der Waals surface area contributed by atoms with E-state index in [4.69, 9.17) is 4.74 Å². The number of hydrogen-bond donors (Lipinski definition) is 6. The lowest BCUT2D eigenvalue weighted by Crippen LogP contribution is -2.51. The number of aromatic carboxylic acids is 1. The third kappa shape index (κ3) is 7.62. The average Bonchev–Trinajstić information content (AvgIpc) is 3.30. The molecule has 2 atom stereocenters. The van der Waals surface area contributed by atoms with Gasteiger partial charge in [-0.1, -0.05) is 6.07 Å². The quantitative estimate of drug-likeness (QED) is 0.0591. The van der Waals surface area contributed by atoms with Crippen molar-refractivity contribution in [1.82, 2.24) is 9.62 Å². The number of rotatable bonds is 10. The maximum absolute atomic E-state index is 13.6. The van der Waals surface area contributed by atoms with E-state index in [0.717, 1.165) is 52.8 Å². The fraction of sp³-hybridized carbons (Fsp3) is 0.176. The van der Waals surface area contributed by atoms with Gasteiger partial charge in [0.25, 0.3) is 11.6 Å². The largest absolute Gasteiger partial charge is 0.508 e. The summed E-state index contributed by atoms with van der Waals surface area (Å²) in [6.07, 6.45) is -1.11. The second kappa shape index (κ2) is 14.8. The number of amides is 1. The first-order chi connectivity index (χ1) is 24.6. The van der Waals surface area contributed by atoms with Gasteiger partial charge in [-0.3, -0.25) is 19.7 Å². The normalized spacial score (nSPS) is 16.3. The Morgan fingerprint density at radius 1 is 0.846 bits per heavy atom. The number of phenols is 4. The highest BCUT2D eigenvalue weighted by atomic mass is 32.2. The number of hydrogen-bond acceptors (Lipinski definition) is 13. The lowest BCUT2D eigenvalue weighted by atomic mass is 9.95. The van der Waals surface area contributed by atoms with E-state index in [1.807, 2.05) is 0 Å². The number of phenolic OH excluding ortho intramolecular Hbond substituents is 4. The summed E-state index contributed by atoms with van der Waals surface area (Å²) in [5.74, 6) is -7.52. The molecule has 0 unspecified atom stereocenters. The van der Waals surface area contributed by atoms with Gasteiger partial charge in [0.05, 0.1) is 32.6 Å². The van der Waals surface area contributed by atoms with Crippen molar-refractivity contribution in [2.75, 3.05) is 13.1 Å². The van der Waals surface area contributed by atoms with Gasteiger partial charge < -0.3 is 35.6 Å². The summed E-state index contributed by atoms with van der Waals surface area (Å²) in [5.41, 5.74) is -2.91. The minimum atomic E-state index is -4.30. The number of aromatic hydroxyl groups is 4. The minimum Gasteiger partial charge on any atom is -0.508 e. The highest BCUT2D eigenvalue weighted by Crippen LogP contribution is 2.35. The minimum absolute atomic E-state index is 0.00166. The van der Waals surface area contributed by atoms with Crippen LogP contribution in [0.1, 0.15) is 59.8 Å². The van der Waals surface area contributed by atoms with E-state index in [-0.39, 0.29) is 41.3 Å². The number of nitro benzene ring substituents is 1. The molecule has 18 heteroatoms. The number of non-ortho nitro benzene ring substituents is 1. The van der Waals surface area contributed by atoms with E-state index in [2.05, 4.69) is 5.32 Å². The third-order valence-electron chi connectivity index (χ3n) is 8.19. The molecule has 1 heterocycles. The molecule has 4 aromatic carbocycles. The van der Waals surface area contributed by atoms with Crippen LogP contribution < -0.4 is 5.32 Å². The van der Waals surface area contributed by atoms with Crippen LogP contribution in [0.4, 0.5) is 5.69 Å². The molecule has 4 aromatic rings. The van der Waals surface area contributed by atoms with E-state index >= 15 is 0 Å². The molecule has 0 bridgehead atoms. The second-order valence-electron chi connectivity index (χ2n) is 11.6. The number of ketones is 1. The van der Waals surface area contributed by atoms with Gasteiger partial charge in [0.1, 0.15) is 34.7 Å². The van der Waals surface area contributed by atoms with Crippen molar-refractivity contribution in [2.24, 2.45) is 0 Å². The molecule has 1 fully saturated rings. The molecule has 0 aliphatic carbocycles. The second-order valence-corrected chi connectivity index (χ2v) is 13.5.